The summed E-state index contributed by atoms with van der Waals surface area (Å²) in [5.41, 5.74) is -0.688. The summed E-state index contributed by atoms with van der Waals surface area (Å²) in [6.07, 6.45) is 1.01. The van der Waals surface area contributed by atoms with Crippen LogP contribution in [0.4, 0.5) is 0 Å². The number of nitrogens with one attached hydrogen (secondary N) is 1. The van der Waals surface area contributed by atoms with Crippen molar-refractivity contribution in [1.82, 2.24) is 9.55 Å². The van der Waals surface area contributed by atoms with E-state index in [1.54, 1.807) is 47.8 Å². The van der Waals surface area contributed by atoms with E-state index in [1.165, 1.54) is 24.7 Å². The molecule has 1 aromatic carbocycles. The molecule has 1 N–H and O–H groups in total. The fourth-order valence-electron chi connectivity index (χ4n) is 3.27. The van der Waals surface area contributed by atoms with Crippen LogP contribution in [-0.2, 0) is 9.53 Å². The highest BCUT2D eigenvalue weighted by Gasteiger charge is 2.30. The Labute approximate surface area is 173 Å². The van der Waals surface area contributed by atoms with E-state index in [9.17, 15) is 19.2 Å². The van der Waals surface area contributed by atoms with Crippen molar-refractivity contribution in [3.8, 4) is 11.3 Å². The molecule has 0 aliphatic heterocycles. The average Bonchev–Trinajstić information content (AvgIpc) is 3.42. The molecular formula is C21H16N2O6S. The van der Waals surface area contributed by atoms with E-state index in [0.29, 0.717) is 16.2 Å². The summed E-state index contributed by atoms with van der Waals surface area (Å²) in [7, 11) is 1.18. The molecule has 8 nitrogen and oxygen atoms in total. The number of methoxy groups -OCH3 is 1. The number of rotatable bonds is 6. The second-order valence-corrected chi connectivity index (χ2v) is 7.34. The molecule has 0 amide bonds. The fraction of sp³-hybridized carbons (Fsp3) is 0.143. The largest absolute Gasteiger partial charge is 0.469 e. The minimum absolute atomic E-state index is 0.213. The minimum atomic E-state index is -1.36. The van der Waals surface area contributed by atoms with Crippen LogP contribution in [0.3, 0.4) is 0 Å². The number of nitrogens with zero attached hydrogens (tertiary/aromatic N) is 1. The van der Waals surface area contributed by atoms with Gasteiger partial charge in [-0.05, 0) is 12.1 Å². The maximum absolute atomic E-state index is 13.4. The topological polar surface area (TPSA) is 111 Å². The summed E-state index contributed by atoms with van der Waals surface area (Å²) < 4.78 is 10.9. The molecule has 0 fully saturated rings. The van der Waals surface area contributed by atoms with Crippen LogP contribution in [0.15, 0.2) is 68.1 Å². The smallest absolute Gasteiger partial charge is 0.330 e. The van der Waals surface area contributed by atoms with Gasteiger partial charge in [0.25, 0.3) is 5.56 Å². The van der Waals surface area contributed by atoms with Crippen LogP contribution in [0.5, 0.6) is 0 Å². The van der Waals surface area contributed by atoms with Gasteiger partial charge >= 0.3 is 11.7 Å². The fourth-order valence-corrected chi connectivity index (χ4v) is 4.20. The third-order valence-corrected chi connectivity index (χ3v) is 5.61. The van der Waals surface area contributed by atoms with Gasteiger partial charge in [-0.3, -0.25) is 19.4 Å². The summed E-state index contributed by atoms with van der Waals surface area (Å²) in [5, 5.41) is 1.91. The number of hydrogen-bond donors (Lipinski definition) is 1. The van der Waals surface area contributed by atoms with Crippen LogP contribution in [-0.4, -0.2) is 28.4 Å². The highest BCUT2D eigenvalue weighted by Crippen LogP contribution is 2.31. The molecule has 30 heavy (non-hydrogen) atoms. The van der Waals surface area contributed by atoms with E-state index in [1.807, 2.05) is 0 Å². The summed E-state index contributed by atoms with van der Waals surface area (Å²) >= 11 is 1.18. The monoisotopic (exact) mass is 424 g/mol. The zero-order valence-corrected chi connectivity index (χ0v) is 16.6. The van der Waals surface area contributed by atoms with Gasteiger partial charge in [0.15, 0.2) is 5.78 Å². The van der Waals surface area contributed by atoms with Crippen LogP contribution >= 0.6 is 11.3 Å². The molecule has 9 heteroatoms. The average molecular weight is 424 g/mol. The normalized spacial score (nSPS) is 12.0. The second kappa shape index (κ2) is 7.96. The van der Waals surface area contributed by atoms with Gasteiger partial charge in [0.05, 0.1) is 25.2 Å². The van der Waals surface area contributed by atoms with E-state index in [4.69, 9.17) is 9.15 Å². The van der Waals surface area contributed by atoms with Gasteiger partial charge in [-0.15, -0.1) is 11.3 Å². The zero-order valence-electron chi connectivity index (χ0n) is 15.8. The quantitative estimate of drug-likeness (QED) is 0.376. The van der Waals surface area contributed by atoms with Crippen LogP contribution in [0.1, 0.15) is 22.8 Å². The summed E-state index contributed by atoms with van der Waals surface area (Å²) in [6.45, 7) is 0. The van der Waals surface area contributed by atoms with Crippen molar-refractivity contribution >= 4 is 33.3 Å². The highest BCUT2D eigenvalue weighted by atomic mass is 32.1. The lowest BCUT2D eigenvalue weighted by Crippen LogP contribution is -2.41. The third kappa shape index (κ3) is 3.39. The molecule has 0 radical (unpaired) electrons. The second-order valence-electron chi connectivity index (χ2n) is 6.46. The Kier molecular flexibility index (Phi) is 5.20. The number of Topliss-reactive ketones (excluding diaryl/α,β-unsaturated/α-hetero) is 1. The summed E-state index contributed by atoms with van der Waals surface area (Å²) in [6, 6.07) is 10.2. The van der Waals surface area contributed by atoms with Gasteiger partial charge in [-0.2, -0.15) is 0 Å². The predicted octanol–water partition coefficient (Wildman–Crippen LogP) is 3.00. The Morgan fingerprint density at radius 2 is 1.93 bits per heavy atom. The summed E-state index contributed by atoms with van der Waals surface area (Å²) in [4.78, 5) is 54.3. The third-order valence-electron chi connectivity index (χ3n) is 4.71. The first kappa shape index (κ1) is 19.6. The minimum Gasteiger partial charge on any atom is -0.469 e. The molecule has 3 heterocycles. The molecule has 3 aromatic heterocycles. The Morgan fingerprint density at radius 1 is 1.17 bits per heavy atom. The van der Waals surface area contributed by atoms with Crippen LogP contribution < -0.4 is 11.2 Å². The Hall–Kier alpha value is -3.72. The van der Waals surface area contributed by atoms with Gasteiger partial charge in [-0.1, -0.05) is 30.3 Å². The molecule has 0 spiro atoms. The first-order valence-electron chi connectivity index (χ1n) is 8.97. The molecule has 4 aromatic rings. The van der Waals surface area contributed by atoms with Gasteiger partial charge < -0.3 is 9.15 Å². The Bertz CT molecular complexity index is 1330. The molecule has 1 atom stereocenters. The van der Waals surface area contributed by atoms with Gasteiger partial charge in [0, 0.05) is 16.5 Å². The van der Waals surface area contributed by atoms with Gasteiger partial charge in [0.1, 0.15) is 16.6 Å². The van der Waals surface area contributed by atoms with Crippen molar-refractivity contribution in [2.45, 2.75) is 12.5 Å². The van der Waals surface area contributed by atoms with E-state index in [-0.39, 0.29) is 10.9 Å². The Balaban J connectivity index is 1.94. The molecule has 4 rings (SSSR count). The van der Waals surface area contributed by atoms with Crippen molar-refractivity contribution in [2.24, 2.45) is 0 Å². The van der Waals surface area contributed by atoms with Gasteiger partial charge in [-0.25, -0.2) is 9.36 Å². The summed E-state index contributed by atoms with van der Waals surface area (Å²) in [5.74, 6) is -0.800. The molecule has 152 valence electrons. The lowest BCUT2D eigenvalue weighted by Gasteiger charge is -2.17. The number of ketones is 1. The van der Waals surface area contributed by atoms with Gasteiger partial charge in [0.2, 0.25) is 0 Å². The number of benzene rings is 1. The number of aromatic amines is 1. The number of esters is 1. The first-order chi connectivity index (χ1) is 14.5. The molecule has 1 unspecified atom stereocenters. The standard InChI is InChI=1S/C21H16N2O6S/c1-28-16(24)10-14(18(25)12-6-3-2-4-7-12)23-20(26)17-13(15-8-5-9-29-15)11-30-19(17)22-21(23)27/h2-9,11,14H,10H2,1H3,(H,22,27). The van der Waals surface area contributed by atoms with E-state index >= 15 is 0 Å². The Morgan fingerprint density at radius 3 is 2.60 bits per heavy atom. The number of furan rings is 1. The molecule has 0 saturated carbocycles. The van der Waals surface area contributed by atoms with Crippen molar-refractivity contribution < 1.29 is 18.7 Å². The highest BCUT2D eigenvalue weighted by molar-refractivity contribution is 7.17. The SMILES string of the molecule is COC(=O)CC(C(=O)c1ccccc1)n1c(=O)[nH]c2scc(-c3ccco3)c2c1=O. The van der Waals surface area contributed by atoms with Crippen LogP contribution in [0.2, 0.25) is 0 Å². The molecule has 0 saturated heterocycles. The molecule has 0 bridgehead atoms. The van der Waals surface area contributed by atoms with Crippen molar-refractivity contribution in [3.63, 3.8) is 0 Å². The molecule has 0 aliphatic carbocycles. The number of carbonyl (C=O) groups is 2. The van der Waals surface area contributed by atoms with Crippen LogP contribution in [0, 0.1) is 0 Å². The maximum Gasteiger partial charge on any atom is 0.330 e. The predicted molar refractivity (Wildman–Crippen MR) is 111 cm³/mol. The number of H-pyrrole nitrogens is 1. The number of ether oxygens (including phenoxy) is 1. The number of fused-ring (bicyclic) bond motifs is 1. The van der Waals surface area contributed by atoms with E-state index in [2.05, 4.69) is 4.98 Å². The zero-order chi connectivity index (χ0) is 21.3. The van der Waals surface area contributed by atoms with E-state index in [0.717, 1.165) is 4.57 Å². The van der Waals surface area contributed by atoms with Crippen molar-refractivity contribution in [1.29, 1.82) is 0 Å². The van der Waals surface area contributed by atoms with E-state index < -0.39 is 35.5 Å². The lowest BCUT2D eigenvalue weighted by atomic mass is 10.0. The number of thiophene rings is 1. The lowest BCUT2D eigenvalue weighted by molar-refractivity contribution is -0.141. The molecule has 0 aliphatic rings. The molecular weight excluding hydrogens is 408 g/mol. The number of hydrogen-bond acceptors (Lipinski definition) is 7. The maximum atomic E-state index is 13.4. The number of carbonyl (C=O) groups excluding carboxylic acids is 2. The van der Waals surface area contributed by atoms with Crippen molar-refractivity contribution in [2.75, 3.05) is 7.11 Å². The van der Waals surface area contributed by atoms with Crippen LogP contribution in [0.25, 0.3) is 21.5 Å². The number of aromatic nitrogens is 2. The first-order valence-corrected chi connectivity index (χ1v) is 9.85. The van der Waals surface area contributed by atoms with Crippen molar-refractivity contribution in [3.05, 3.63) is 80.5 Å².